The van der Waals surface area contributed by atoms with Gasteiger partial charge >= 0.3 is 5.97 Å². The van der Waals surface area contributed by atoms with Crippen molar-refractivity contribution in [3.8, 4) is 5.75 Å². The van der Waals surface area contributed by atoms with Gasteiger partial charge in [0.25, 0.3) is 0 Å². The number of hydrogen-bond acceptors (Lipinski definition) is 3. The molecule has 0 fully saturated rings. The van der Waals surface area contributed by atoms with Gasteiger partial charge in [0.1, 0.15) is 5.75 Å². The number of hydrogen-bond donors (Lipinski definition) is 0. The van der Waals surface area contributed by atoms with Gasteiger partial charge in [0.15, 0.2) is 0 Å². The minimum absolute atomic E-state index is 0.300. The molecule has 0 saturated heterocycles. The highest BCUT2D eigenvalue weighted by molar-refractivity contribution is 9.09. The number of ether oxygens (including phenoxy) is 2. The summed E-state index contributed by atoms with van der Waals surface area (Å²) in [6.45, 7) is 2.52. The maximum atomic E-state index is 11.7. The van der Waals surface area contributed by atoms with Crippen molar-refractivity contribution < 1.29 is 14.3 Å². The lowest BCUT2D eigenvalue weighted by Gasteiger charge is -2.06. The molecule has 1 aromatic rings. The van der Waals surface area contributed by atoms with Crippen molar-refractivity contribution in [2.24, 2.45) is 0 Å². The minimum Gasteiger partial charge on any atom is -0.497 e. The normalized spacial score (nSPS) is 11.9. The third kappa shape index (κ3) is 5.22. The summed E-state index contributed by atoms with van der Waals surface area (Å²) in [5.74, 6) is 0.361. The molecular weight excluding hydrogens is 284 g/mol. The Balaban J connectivity index is 2.41. The molecule has 1 atom stereocenters. The predicted octanol–water partition coefficient (Wildman–Crippen LogP) is 3.42. The van der Waals surface area contributed by atoms with Crippen LogP contribution in [0.15, 0.2) is 24.3 Å². The molecule has 17 heavy (non-hydrogen) atoms. The first kappa shape index (κ1) is 14.0. The van der Waals surface area contributed by atoms with Crippen molar-refractivity contribution in [1.82, 2.24) is 0 Å². The molecule has 1 unspecified atom stereocenters. The molecule has 0 heterocycles. The van der Waals surface area contributed by atoms with Crippen LogP contribution in [-0.4, -0.2) is 24.5 Å². The van der Waals surface area contributed by atoms with E-state index in [4.69, 9.17) is 9.47 Å². The van der Waals surface area contributed by atoms with Crippen LogP contribution in [0.5, 0.6) is 5.75 Å². The third-order valence-corrected chi connectivity index (χ3v) is 2.74. The Morgan fingerprint density at radius 2 is 2.24 bits per heavy atom. The highest BCUT2D eigenvalue weighted by atomic mass is 79.9. The second-order valence-corrected chi connectivity index (χ2v) is 5.35. The fraction of sp³-hybridized carbons (Fsp3) is 0.462. The third-order valence-electron chi connectivity index (χ3n) is 2.28. The van der Waals surface area contributed by atoms with E-state index in [1.807, 2.05) is 0 Å². The Morgan fingerprint density at radius 1 is 1.47 bits per heavy atom. The second-order valence-electron chi connectivity index (χ2n) is 3.79. The van der Waals surface area contributed by atoms with Crippen LogP contribution in [0, 0.1) is 0 Å². The zero-order valence-corrected chi connectivity index (χ0v) is 11.7. The van der Waals surface area contributed by atoms with Gasteiger partial charge in [-0.1, -0.05) is 28.9 Å². The van der Waals surface area contributed by atoms with Crippen LogP contribution in [0.25, 0.3) is 0 Å². The number of methoxy groups -OCH3 is 1. The van der Waals surface area contributed by atoms with Gasteiger partial charge < -0.3 is 9.47 Å². The van der Waals surface area contributed by atoms with Gasteiger partial charge in [0.2, 0.25) is 0 Å². The van der Waals surface area contributed by atoms with E-state index in [1.54, 1.807) is 31.4 Å². The van der Waals surface area contributed by atoms with Crippen molar-refractivity contribution in [3.05, 3.63) is 29.8 Å². The summed E-state index contributed by atoms with van der Waals surface area (Å²) in [5.41, 5.74) is 0.524. The molecule has 0 aliphatic rings. The minimum atomic E-state index is -0.300. The van der Waals surface area contributed by atoms with Crippen molar-refractivity contribution in [2.45, 2.75) is 24.6 Å². The van der Waals surface area contributed by atoms with Crippen LogP contribution in [0.2, 0.25) is 0 Å². The quantitative estimate of drug-likeness (QED) is 0.459. The van der Waals surface area contributed by atoms with Crippen LogP contribution >= 0.6 is 15.9 Å². The van der Waals surface area contributed by atoms with Gasteiger partial charge in [0.05, 0.1) is 19.3 Å². The van der Waals surface area contributed by atoms with Gasteiger partial charge in [-0.25, -0.2) is 4.79 Å². The number of rotatable bonds is 6. The summed E-state index contributed by atoms with van der Waals surface area (Å²) in [4.78, 5) is 12.1. The summed E-state index contributed by atoms with van der Waals surface area (Å²) in [5, 5.41) is 0. The van der Waals surface area contributed by atoms with Gasteiger partial charge in [-0.2, -0.15) is 0 Å². The van der Waals surface area contributed by atoms with E-state index in [0.717, 1.165) is 12.8 Å². The van der Waals surface area contributed by atoms with Gasteiger partial charge in [-0.3, -0.25) is 0 Å². The zero-order valence-electron chi connectivity index (χ0n) is 10.1. The van der Waals surface area contributed by atoms with Crippen molar-refractivity contribution in [2.75, 3.05) is 13.7 Å². The lowest BCUT2D eigenvalue weighted by atomic mass is 10.2. The molecule has 4 heteroatoms. The molecule has 0 aliphatic carbocycles. The molecule has 0 saturated carbocycles. The molecule has 0 spiro atoms. The van der Waals surface area contributed by atoms with E-state index in [9.17, 15) is 4.79 Å². The first-order valence-corrected chi connectivity index (χ1v) is 6.50. The Kier molecular flexibility index (Phi) is 6.05. The summed E-state index contributed by atoms with van der Waals surface area (Å²) < 4.78 is 10.2. The average molecular weight is 301 g/mol. The number of alkyl halides is 1. The Labute approximate surface area is 110 Å². The lowest BCUT2D eigenvalue weighted by molar-refractivity contribution is 0.0498. The first-order chi connectivity index (χ1) is 8.13. The van der Waals surface area contributed by atoms with Crippen molar-refractivity contribution >= 4 is 21.9 Å². The molecule has 1 aromatic carbocycles. The van der Waals surface area contributed by atoms with Crippen molar-refractivity contribution in [1.29, 1.82) is 0 Å². The van der Waals surface area contributed by atoms with Crippen LogP contribution in [0.3, 0.4) is 0 Å². The van der Waals surface area contributed by atoms with Crippen LogP contribution in [0.4, 0.5) is 0 Å². The van der Waals surface area contributed by atoms with E-state index >= 15 is 0 Å². The van der Waals surface area contributed by atoms with Crippen LogP contribution in [-0.2, 0) is 4.74 Å². The molecular formula is C13H17BrO3. The highest BCUT2D eigenvalue weighted by Gasteiger charge is 2.07. The van der Waals surface area contributed by atoms with Crippen molar-refractivity contribution in [3.63, 3.8) is 0 Å². The maximum Gasteiger partial charge on any atom is 0.338 e. The largest absolute Gasteiger partial charge is 0.497 e. The summed E-state index contributed by atoms with van der Waals surface area (Å²) >= 11 is 3.45. The molecule has 3 nitrogen and oxygen atoms in total. The maximum absolute atomic E-state index is 11.7. The lowest BCUT2D eigenvalue weighted by Crippen LogP contribution is -2.07. The molecule has 0 amide bonds. The van der Waals surface area contributed by atoms with E-state index in [-0.39, 0.29) is 5.97 Å². The van der Waals surface area contributed by atoms with Crippen LogP contribution in [0.1, 0.15) is 30.1 Å². The van der Waals surface area contributed by atoms with E-state index in [0.29, 0.717) is 22.7 Å². The van der Waals surface area contributed by atoms with Gasteiger partial charge in [-0.05, 0) is 31.0 Å². The molecule has 0 aliphatic heterocycles. The molecule has 94 valence electrons. The topological polar surface area (TPSA) is 35.5 Å². The molecule has 0 aromatic heterocycles. The zero-order chi connectivity index (χ0) is 12.7. The molecule has 0 bridgehead atoms. The number of carbonyl (C=O) groups is 1. The SMILES string of the molecule is COc1cccc(C(=O)OCCCC(C)Br)c1. The Bertz CT molecular complexity index is 363. The molecule has 0 N–H and O–H groups in total. The van der Waals surface area contributed by atoms with Gasteiger partial charge in [0, 0.05) is 4.83 Å². The summed E-state index contributed by atoms with van der Waals surface area (Å²) in [6.07, 6.45) is 1.85. The monoisotopic (exact) mass is 300 g/mol. The fourth-order valence-corrected chi connectivity index (χ4v) is 1.69. The average Bonchev–Trinajstić information content (AvgIpc) is 2.34. The fourth-order valence-electron chi connectivity index (χ4n) is 1.36. The number of benzene rings is 1. The highest BCUT2D eigenvalue weighted by Crippen LogP contribution is 2.13. The molecule has 0 radical (unpaired) electrons. The summed E-state index contributed by atoms with van der Waals surface area (Å²) in [6, 6.07) is 6.96. The smallest absolute Gasteiger partial charge is 0.338 e. The Hall–Kier alpha value is -1.03. The molecule has 1 rings (SSSR count). The van der Waals surface area contributed by atoms with Gasteiger partial charge in [-0.15, -0.1) is 0 Å². The second kappa shape index (κ2) is 7.33. The number of halogens is 1. The predicted molar refractivity (Wildman–Crippen MR) is 70.9 cm³/mol. The van der Waals surface area contributed by atoms with E-state index in [2.05, 4.69) is 22.9 Å². The Morgan fingerprint density at radius 3 is 2.88 bits per heavy atom. The van der Waals surface area contributed by atoms with E-state index in [1.165, 1.54) is 0 Å². The standard InChI is InChI=1S/C13H17BrO3/c1-10(14)5-4-8-17-13(15)11-6-3-7-12(9-11)16-2/h3,6-7,9-10H,4-5,8H2,1-2H3. The van der Waals surface area contributed by atoms with Crippen LogP contribution < -0.4 is 4.74 Å². The number of carbonyl (C=O) groups excluding carboxylic acids is 1. The number of esters is 1. The first-order valence-electron chi connectivity index (χ1n) is 5.58. The summed E-state index contributed by atoms with van der Waals surface area (Å²) in [7, 11) is 1.57. The van der Waals surface area contributed by atoms with E-state index < -0.39 is 0 Å².